The van der Waals surface area contributed by atoms with Crippen molar-refractivity contribution in [2.24, 2.45) is 7.05 Å². The summed E-state index contributed by atoms with van der Waals surface area (Å²) in [6.45, 7) is 5.53. The van der Waals surface area contributed by atoms with Crippen LogP contribution in [0.1, 0.15) is 41.9 Å². The van der Waals surface area contributed by atoms with Crippen LogP contribution in [0.3, 0.4) is 0 Å². The predicted octanol–water partition coefficient (Wildman–Crippen LogP) is 1.77. The molecule has 0 spiro atoms. The molecule has 1 fully saturated rings. The third kappa shape index (κ3) is 2.53. The van der Waals surface area contributed by atoms with Gasteiger partial charge in [0.05, 0.1) is 24.9 Å². The summed E-state index contributed by atoms with van der Waals surface area (Å²) in [5, 5.41) is 12.5. The molecule has 0 saturated carbocycles. The lowest BCUT2D eigenvalue weighted by molar-refractivity contribution is 0.217. The van der Waals surface area contributed by atoms with E-state index in [-0.39, 0.29) is 0 Å². The molecule has 0 unspecified atom stereocenters. The number of methoxy groups -OCH3 is 1. The van der Waals surface area contributed by atoms with E-state index < -0.39 is 0 Å². The van der Waals surface area contributed by atoms with Crippen LogP contribution in [-0.2, 0) is 13.6 Å². The minimum Gasteiger partial charge on any atom is -0.481 e. The summed E-state index contributed by atoms with van der Waals surface area (Å²) in [6, 6.07) is 0.292. The maximum absolute atomic E-state index is 5.53. The number of aryl methyl sites for hydroxylation is 3. The first-order valence-electron chi connectivity index (χ1n) is 7.20. The van der Waals surface area contributed by atoms with Gasteiger partial charge >= 0.3 is 0 Å². The summed E-state index contributed by atoms with van der Waals surface area (Å²) in [5.74, 6) is 2.11. The summed E-state index contributed by atoms with van der Waals surface area (Å²) >= 11 is 0. The van der Waals surface area contributed by atoms with Crippen LogP contribution < -0.4 is 4.74 Å². The fraction of sp³-hybridized carbons (Fsp3) is 0.643. The summed E-state index contributed by atoms with van der Waals surface area (Å²) in [5.41, 5.74) is 2.20. The standard InChI is InChI=1S/C14H21N5O2/c1-9-13(14(20-4)18(3)17-9)11-6-5-7-19(11)8-12-16-15-10(2)21-12/h11H,5-8H2,1-4H3/t11-/m0/s1. The molecule has 2 aromatic heterocycles. The Morgan fingerprint density at radius 2 is 2.14 bits per heavy atom. The maximum atomic E-state index is 5.53. The highest BCUT2D eigenvalue weighted by Crippen LogP contribution is 2.39. The molecule has 21 heavy (non-hydrogen) atoms. The van der Waals surface area contributed by atoms with E-state index in [4.69, 9.17) is 9.15 Å². The van der Waals surface area contributed by atoms with Gasteiger partial charge in [-0.2, -0.15) is 5.10 Å². The third-order valence-corrected chi connectivity index (χ3v) is 4.01. The number of ether oxygens (including phenoxy) is 1. The number of likely N-dealkylation sites (tertiary alicyclic amines) is 1. The minimum atomic E-state index is 0.292. The number of hydrogen-bond donors (Lipinski definition) is 0. The molecular formula is C14H21N5O2. The van der Waals surface area contributed by atoms with Crippen molar-refractivity contribution in [1.82, 2.24) is 24.9 Å². The van der Waals surface area contributed by atoms with Gasteiger partial charge in [-0.15, -0.1) is 10.2 Å². The van der Waals surface area contributed by atoms with Crippen LogP contribution >= 0.6 is 0 Å². The lowest BCUT2D eigenvalue weighted by atomic mass is 10.1. The van der Waals surface area contributed by atoms with E-state index in [1.54, 1.807) is 11.8 Å². The van der Waals surface area contributed by atoms with Crippen LogP contribution in [0.5, 0.6) is 5.88 Å². The SMILES string of the molecule is COc1c([C@@H]2CCCN2Cc2nnc(C)o2)c(C)nn1C. The molecule has 1 saturated heterocycles. The fourth-order valence-corrected chi connectivity index (χ4v) is 3.20. The lowest BCUT2D eigenvalue weighted by Crippen LogP contribution is -2.23. The van der Waals surface area contributed by atoms with Crippen molar-refractivity contribution in [3.05, 3.63) is 23.0 Å². The van der Waals surface area contributed by atoms with Crippen LogP contribution in [-0.4, -0.2) is 38.5 Å². The molecule has 0 N–H and O–H groups in total. The van der Waals surface area contributed by atoms with E-state index in [1.165, 1.54) is 5.56 Å². The Morgan fingerprint density at radius 3 is 2.81 bits per heavy atom. The Hall–Kier alpha value is -1.89. The van der Waals surface area contributed by atoms with Gasteiger partial charge in [0.2, 0.25) is 17.7 Å². The summed E-state index contributed by atoms with van der Waals surface area (Å²) < 4.78 is 12.8. The molecule has 7 heteroatoms. The van der Waals surface area contributed by atoms with Gasteiger partial charge in [-0.3, -0.25) is 4.90 Å². The molecule has 0 amide bonds. The molecule has 2 aromatic rings. The van der Waals surface area contributed by atoms with Gasteiger partial charge in [0.1, 0.15) is 0 Å². The second-order valence-corrected chi connectivity index (χ2v) is 5.48. The summed E-state index contributed by atoms with van der Waals surface area (Å²) in [7, 11) is 3.61. The Morgan fingerprint density at radius 1 is 1.33 bits per heavy atom. The van der Waals surface area contributed by atoms with Crippen molar-refractivity contribution in [2.75, 3.05) is 13.7 Å². The fourth-order valence-electron chi connectivity index (χ4n) is 3.20. The Labute approximate surface area is 123 Å². The summed E-state index contributed by atoms with van der Waals surface area (Å²) in [4.78, 5) is 2.36. The molecule has 1 aliphatic rings. The average Bonchev–Trinajstić information content (AvgIpc) is 3.10. The van der Waals surface area contributed by atoms with Gasteiger partial charge < -0.3 is 9.15 Å². The van der Waals surface area contributed by atoms with E-state index in [0.29, 0.717) is 24.4 Å². The quantitative estimate of drug-likeness (QED) is 0.855. The predicted molar refractivity (Wildman–Crippen MR) is 75.9 cm³/mol. The first-order chi connectivity index (χ1) is 10.1. The van der Waals surface area contributed by atoms with E-state index in [9.17, 15) is 0 Å². The van der Waals surface area contributed by atoms with Crippen molar-refractivity contribution in [2.45, 2.75) is 39.3 Å². The molecule has 0 aliphatic carbocycles. The van der Waals surface area contributed by atoms with Crippen LogP contribution in [0, 0.1) is 13.8 Å². The second-order valence-electron chi connectivity index (χ2n) is 5.48. The smallest absolute Gasteiger partial charge is 0.230 e. The van der Waals surface area contributed by atoms with Gasteiger partial charge in [-0.25, -0.2) is 4.68 Å². The Bertz CT molecular complexity index is 633. The first kappa shape index (κ1) is 14.1. The van der Waals surface area contributed by atoms with E-state index in [1.807, 2.05) is 20.9 Å². The molecule has 3 heterocycles. The van der Waals surface area contributed by atoms with Crippen molar-refractivity contribution in [1.29, 1.82) is 0 Å². The normalized spacial score (nSPS) is 19.3. The van der Waals surface area contributed by atoms with Crippen molar-refractivity contribution < 1.29 is 9.15 Å². The zero-order valence-corrected chi connectivity index (χ0v) is 13.0. The number of aromatic nitrogens is 4. The molecule has 3 rings (SSSR count). The van der Waals surface area contributed by atoms with Gasteiger partial charge in [-0.05, 0) is 26.3 Å². The molecule has 7 nitrogen and oxygen atoms in total. The maximum Gasteiger partial charge on any atom is 0.230 e. The van der Waals surface area contributed by atoms with Crippen LogP contribution in [0.25, 0.3) is 0 Å². The Balaban J connectivity index is 1.87. The molecule has 0 aromatic carbocycles. The highest BCUT2D eigenvalue weighted by Gasteiger charge is 2.33. The van der Waals surface area contributed by atoms with Gasteiger partial charge in [0.25, 0.3) is 0 Å². The van der Waals surface area contributed by atoms with Crippen molar-refractivity contribution in [3.63, 3.8) is 0 Å². The van der Waals surface area contributed by atoms with Crippen molar-refractivity contribution in [3.8, 4) is 5.88 Å². The van der Waals surface area contributed by atoms with Crippen molar-refractivity contribution >= 4 is 0 Å². The number of hydrogen-bond acceptors (Lipinski definition) is 6. The minimum absolute atomic E-state index is 0.292. The van der Waals surface area contributed by atoms with Crippen LogP contribution in [0.4, 0.5) is 0 Å². The molecule has 0 bridgehead atoms. The second kappa shape index (κ2) is 5.48. The zero-order valence-electron chi connectivity index (χ0n) is 13.0. The third-order valence-electron chi connectivity index (χ3n) is 4.01. The first-order valence-corrected chi connectivity index (χ1v) is 7.20. The molecular weight excluding hydrogens is 270 g/mol. The molecule has 114 valence electrons. The largest absolute Gasteiger partial charge is 0.481 e. The van der Waals surface area contributed by atoms with E-state index in [0.717, 1.165) is 31.0 Å². The highest BCUT2D eigenvalue weighted by atomic mass is 16.5. The molecule has 1 aliphatic heterocycles. The van der Waals surface area contributed by atoms with Gasteiger partial charge in [0, 0.05) is 20.0 Å². The zero-order chi connectivity index (χ0) is 15.0. The lowest BCUT2D eigenvalue weighted by Gasteiger charge is -2.23. The highest BCUT2D eigenvalue weighted by molar-refractivity contribution is 5.35. The molecule has 0 radical (unpaired) electrons. The van der Waals surface area contributed by atoms with E-state index >= 15 is 0 Å². The van der Waals surface area contributed by atoms with Gasteiger partial charge in [0.15, 0.2) is 0 Å². The molecule has 1 atom stereocenters. The average molecular weight is 291 g/mol. The van der Waals surface area contributed by atoms with Crippen LogP contribution in [0.15, 0.2) is 4.42 Å². The Kier molecular flexibility index (Phi) is 3.67. The number of rotatable bonds is 4. The monoisotopic (exact) mass is 291 g/mol. The number of nitrogens with zero attached hydrogens (tertiary/aromatic N) is 5. The summed E-state index contributed by atoms with van der Waals surface area (Å²) in [6.07, 6.45) is 2.24. The van der Waals surface area contributed by atoms with E-state index in [2.05, 4.69) is 20.2 Å². The van der Waals surface area contributed by atoms with Crippen LogP contribution in [0.2, 0.25) is 0 Å². The van der Waals surface area contributed by atoms with Gasteiger partial charge in [-0.1, -0.05) is 0 Å². The topological polar surface area (TPSA) is 69.2 Å².